The van der Waals surface area contributed by atoms with Crippen LogP contribution in [-0.2, 0) is 4.74 Å². The molecule has 1 N–H and O–H groups in total. The largest absolute Gasteiger partial charge is 0.480 e. The van der Waals surface area contributed by atoms with E-state index in [4.69, 9.17) is 21.1 Å². The number of fused-ring (bicyclic) bond motifs is 1. The number of halogens is 3. The number of benzene rings is 2. The Morgan fingerprint density at radius 1 is 1.06 bits per heavy atom. The summed E-state index contributed by atoms with van der Waals surface area (Å²) in [5, 5.41) is 27.0. The van der Waals surface area contributed by atoms with Crippen LogP contribution < -0.4 is 9.64 Å². The maximum absolute atomic E-state index is 15.4. The lowest BCUT2D eigenvalue weighted by molar-refractivity contribution is 0.122. The van der Waals surface area contributed by atoms with Crippen molar-refractivity contribution in [2.24, 2.45) is 0 Å². The Kier molecular flexibility index (Phi) is 6.42. The highest BCUT2D eigenvalue weighted by molar-refractivity contribution is 6.31. The van der Waals surface area contributed by atoms with Gasteiger partial charge in [-0.1, -0.05) is 11.6 Å². The van der Waals surface area contributed by atoms with Gasteiger partial charge >= 0.3 is 0 Å². The van der Waals surface area contributed by atoms with Crippen LogP contribution in [0.3, 0.4) is 0 Å². The van der Waals surface area contributed by atoms with Crippen LogP contribution in [-0.4, -0.2) is 58.9 Å². The van der Waals surface area contributed by atoms with E-state index in [1.165, 1.54) is 25.4 Å². The Labute approximate surface area is 204 Å². The van der Waals surface area contributed by atoms with E-state index in [2.05, 4.69) is 20.4 Å². The van der Waals surface area contributed by atoms with Crippen molar-refractivity contribution in [3.8, 4) is 17.0 Å². The first-order chi connectivity index (χ1) is 17.0. The number of aromatic nitrogens is 4. The Balaban J connectivity index is 1.59. The van der Waals surface area contributed by atoms with Crippen LogP contribution in [0.2, 0.25) is 5.02 Å². The number of nitrogens with zero attached hydrogens (tertiary/aromatic N) is 5. The maximum atomic E-state index is 15.4. The maximum Gasteiger partial charge on any atom is 0.233 e. The van der Waals surface area contributed by atoms with Crippen molar-refractivity contribution in [2.75, 3.05) is 38.3 Å². The molecule has 1 aliphatic rings. The lowest BCUT2D eigenvalue weighted by atomic mass is 9.97. The van der Waals surface area contributed by atoms with Gasteiger partial charge in [-0.15, -0.1) is 15.3 Å². The second kappa shape index (κ2) is 9.65. The summed E-state index contributed by atoms with van der Waals surface area (Å²) in [5.41, 5.74) is 1.21. The van der Waals surface area contributed by atoms with Gasteiger partial charge in [0.25, 0.3) is 0 Å². The van der Waals surface area contributed by atoms with Gasteiger partial charge in [0.15, 0.2) is 5.82 Å². The molecule has 2 aromatic heterocycles. The van der Waals surface area contributed by atoms with Crippen molar-refractivity contribution in [3.63, 3.8) is 0 Å². The van der Waals surface area contributed by atoms with E-state index in [9.17, 15) is 5.11 Å². The number of hydrogen-bond acceptors (Lipinski definition) is 8. The van der Waals surface area contributed by atoms with Gasteiger partial charge < -0.3 is 19.5 Å². The molecule has 0 saturated carbocycles. The van der Waals surface area contributed by atoms with Gasteiger partial charge in [-0.2, -0.15) is 5.10 Å². The SMILES string of the molecule is COc1ccc([C@H](O)c2cc(-c3cnnc4c(F)c(N5CCOCC5)ccc34)c(F)cc2Cl)nn1. The molecule has 0 spiro atoms. The van der Waals surface area contributed by atoms with E-state index in [-0.39, 0.29) is 33.2 Å². The molecule has 1 aliphatic heterocycles. The topological polar surface area (TPSA) is 93.5 Å². The quantitative estimate of drug-likeness (QED) is 0.441. The third-order valence-electron chi connectivity index (χ3n) is 5.90. The Morgan fingerprint density at radius 3 is 2.57 bits per heavy atom. The lowest BCUT2D eigenvalue weighted by Gasteiger charge is -2.29. The number of ether oxygens (including phenoxy) is 2. The molecular formula is C24H20ClF2N5O3. The summed E-state index contributed by atoms with van der Waals surface area (Å²) >= 11 is 6.27. The lowest BCUT2D eigenvalue weighted by Crippen LogP contribution is -2.36. The molecule has 0 unspecified atom stereocenters. The van der Waals surface area contributed by atoms with E-state index < -0.39 is 17.7 Å². The Hall–Kier alpha value is -3.47. The fourth-order valence-corrected chi connectivity index (χ4v) is 4.33. The first kappa shape index (κ1) is 23.3. The third-order valence-corrected chi connectivity index (χ3v) is 6.23. The van der Waals surface area contributed by atoms with Crippen LogP contribution in [0.25, 0.3) is 22.0 Å². The van der Waals surface area contributed by atoms with Gasteiger partial charge in [0.1, 0.15) is 17.4 Å². The van der Waals surface area contributed by atoms with Crippen LogP contribution in [0, 0.1) is 11.6 Å². The van der Waals surface area contributed by atoms with E-state index in [1.807, 2.05) is 4.90 Å². The summed E-state index contributed by atoms with van der Waals surface area (Å²) in [6.07, 6.45) is 0.0669. The minimum Gasteiger partial charge on any atom is -0.480 e. The highest BCUT2D eigenvalue weighted by Gasteiger charge is 2.23. The van der Waals surface area contributed by atoms with Gasteiger partial charge in [-0.25, -0.2) is 8.78 Å². The monoisotopic (exact) mass is 499 g/mol. The molecule has 0 bridgehead atoms. The zero-order valence-corrected chi connectivity index (χ0v) is 19.3. The second-order valence-electron chi connectivity index (χ2n) is 7.91. The van der Waals surface area contributed by atoms with Gasteiger partial charge in [0, 0.05) is 46.3 Å². The molecule has 8 nitrogen and oxygen atoms in total. The Morgan fingerprint density at radius 2 is 1.86 bits per heavy atom. The fourth-order valence-electron chi connectivity index (χ4n) is 4.07. The van der Waals surface area contributed by atoms with Crippen molar-refractivity contribution in [3.05, 3.63) is 70.5 Å². The number of aliphatic hydroxyl groups excluding tert-OH is 1. The minimum absolute atomic E-state index is 0.00322. The van der Waals surface area contributed by atoms with E-state index in [0.717, 1.165) is 6.07 Å². The summed E-state index contributed by atoms with van der Waals surface area (Å²) in [5.74, 6) is -0.916. The van der Waals surface area contributed by atoms with Gasteiger partial charge in [0.2, 0.25) is 5.88 Å². The van der Waals surface area contributed by atoms with Crippen LogP contribution in [0.4, 0.5) is 14.5 Å². The van der Waals surface area contributed by atoms with E-state index >= 15 is 8.78 Å². The van der Waals surface area contributed by atoms with Crippen LogP contribution in [0.5, 0.6) is 5.88 Å². The molecule has 2 aromatic carbocycles. The molecule has 35 heavy (non-hydrogen) atoms. The summed E-state index contributed by atoms with van der Waals surface area (Å²) in [6.45, 7) is 2.11. The Bertz CT molecular complexity index is 1380. The van der Waals surface area contributed by atoms with Gasteiger partial charge in [-0.05, 0) is 30.3 Å². The number of methoxy groups -OCH3 is 1. The summed E-state index contributed by atoms with van der Waals surface area (Å²) in [6, 6.07) is 8.90. The van der Waals surface area contributed by atoms with Gasteiger partial charge in [0.05, 0.1) is 37.9 Å². The number of rotatable bonds is 5. The predicted molar refractivity (Wildman–Crippen MR) is 126 cm³/mol. The number of morpholine rings is 1. The molecule has 1 fully saturated rings. The fraction of sp³-hybridized carbons (Fsp3) is 0.250. The molecule has 11 heteroatoms. The highest BCUT2D eigenvalue weighted by Crippen LogP contribution is 2.37. The van der Waals surface area contributed by atoms with Crippen molar-refractivity contribution in [1.82, 2.24) is 20.4 Å². The predicted octanol–water partition coefficient (Wildman–Crippen LogP) is 3.95. The van der Waals surface area contributed by atoms with Crippen LogP contribution in [0.15, 0.2) is 42.6 Å². The molecule has 0 aliphatic carbocycles. The number of aliphatic hydroxyl groups is 1. The van der Waals surface area contributed by atoms with Gasteiger partial charge in [-0.3, -0.25) is 0 Å². The molecule has 5 rings (SSSR count). The number of anilines is 1. The number of hydrogen-bond donors (Lipinski definition) is 1. The van der Waals surface area contributed by atoms with Crippen LogP contribution >= 0.6 is 11.6 Å². The molecule has 180 valence electrons. The standard InChI is InChI=1S/C24H20ClF2N5O3/c1-34-21-5-3-19(29-30-21)24(33)15-10-14(18(26)11-17(15)25)16-12-28-31-23-13(16)2-4-20(22(23)27)32-6-8-35-9-7-32/h2-5,10-12,24,33H,6-9H2,1H3/t24-/m1/s1. The average molecular weight is 500 g/mol. The zero-order valence-electron chi connectivity index (χ0n) is 18.6. The van der Waals surface area contributed by atoms with Crippen LogP contribution in [0.1, 0.15) is 17.4 Å². The smallest absolute Gasteiger partial charge is 0.233 e. The molecule has 1 atom stereocenters. The van der Waals surface area contributed by atoms with E-state index in [1.54, 1.807) is 18.2 Å². The normalized spacial score (nSPS) is 14.8. The van der Waals surface area contributed by atoms with Crippen molar-refractivity contribution < 1.29 is 23.4 Å². The second-order valence-corrected chi connectivity index (χ2v) is 8.32. The average Bonchev–Trinajstić information content (AvgIpc) is 2.89. The van der Waals surface area contributed by atoms with Crippen molar-refractivity contribution in [1.29, 1.82) is 0 Å². The molecule has 3 heterocycles. The zero-order chi connectivity index (χ0) is 24.5. The molecular weight excluding hydrogens is 480 g/mol. The molecule has 4 aromatic rings. The highest BCUT2D eigenvalue weighted by atomic mass is 35.5. The summed E-state index contributed by atoms with van der Waals surface area (Å²) in [4.78, 5) is 1.87. The third kappa shape index (κ3) is 4.36. The minimum atomic E-state index is -1.29. The van der Waals surface area contributed by atoms with Crippen molar-refractivity contribution >= 4 is 28.2 Å². The summed E-state index contributed by atoms with van der Waals surface area (Å²) in [7, 11) is 1.45. The van der Waals surface area contributed by atoms with E-state index in [0.29, 0.717) is 42.9 Å². The first-order valence-corrected chi connectivity index (χ1v) is 11.2. The molecule has 0 radical (unpaired) electrons. The molecule has 0 amide bonds. The first-order valence-electron chi connectivity index (χ1n) is 10.8. The van der Waals surface area contributed by atoms with Crippen molar-refractivity contribution in [2.45, 2.75) is 6.10 Å². The summed E-state index contributed by atoms with van der Waals surface area (Å²) < 4.78 is 40.9. The molecule has 1 saturated heterocycles.